The highest BCUT2D eigenvalue weighted by Gasteiger charge is 2.27. The molecule has 5 nitrogen and oxygen atoms in total. The Morgan fingerprint density at radius 2 is 2.29 bits per heavy atom. The van der Waals surface area contributed by atoms with Crippen molar-refractivity contribution in [3.05, 3.63) is 34.6 Å². The number of hydrogen-bond acceptors (Lipinski definition) is 4. The van der Waals surface area contributed by atoms with E-state index < -0.39 is 17.9 Å². The second kappa shape index (κ2) is 6.87. The third-order valence-electron chi connectivity index (χ3n) is 3.21. The van der Waals surface area contributed by atoms with Crippen molar-refractivity contribution in [1.82, 2.24) is 4.90 Å². The number of amides is 1. The van der Waals surface area contributed by atoms with Gasteiger partial charge in [0.2, 0.25) is 0 Å². The Morgan fingerprint density at radius 3 is 2.95 bits per heavy atom. The summed E-state index contributed by atoms with van der Waals surface area (Å²) in [5, 5.41) is -0.0305. The molecular formula is C14H15ClFNO4. The molecule has 21 heavy (non-hydrogen) atoms. The summed E-state index contributed by atoms with van der Waals surface area (Å²) in [7, 11) is 1.30. The highest BCUT2D eigenvalue weighted by Crippen LogP contribution is 2.18. The van der Waals surface area contributed by atoms with E-state index in [1.807, 2.05) is 0 Å². The quantitative estimate of drug-likeness (QED) is 0.799. The Kier molecular flexibility index (Phi) is 5.14. The van der Waals surface area contributed by atoms with E-state index >= 15 is 0 Å². The number of esters is 1. The van der Waals surface area contributed by atoms with Gasteiger partial charge in [-0.25, -0.2) is 4.39 Å². The minimum atomic E-state index is -0.637. The fraction of sp³-hybridized carbons (Fsp3) is 0.429. The van der Waals surface area contributed by atoms with Crippen molar-refractivity contribution >= 4 is 23.5 Å². The molecule has 0 aliphatic carbocycles. The fourth-order valence-electron chi connectivity index (χ4n) is 2.11. The average molecular weight is 316 g/mol. The normalized spacial score (nSPS) is 18.4. The predicted octanol–water partition coefficient (Wildman–Crippen LogP) is 1.88. The van der Waals surface area contributed by atoms with Gasteiger partial charge in [-0.15, -0.1) is 0 Å². The molecule has 7 heteroatoms. The maximum atomic E-state index is 13.4. The lowest BCUT2D eigenvalue weighted by Crippen LogP contribution is -2.46. The van der Waals surface area contributed by atoms with Crippen molar-refractivity contribution in [2.75, 3.05) is 26.8 Å². The second-order valence-electron chi connectivity index (χ2n) is 4.65. The van der Waals surface area contributed by atoms with Crippen LogP contribution in [0.5, 0.6) is 0 Å². The minimum Gasteiger partial charge on any atom is -0.469 e. The van der Waals surface area contributed by atoms with Crippen molar-refractivity contribution < 1.29 is 23.5 Å². The average Bonchev–Trinajstić information content (AvgIpc) is 2.49. The lowest BCUT2D eigenvalue weighted by Gasteiger charge is -2.32. The summed E-state index contributed by atoms with van der Waals surface area (Å²) in [6, 6.07) is 3.92. The molecule has 1 aromatic carbocycles. The fourth-order valence-corrected chi connectivity index (χ4v) is 2.23. The van der Waals surface area contributed by atoms with E-state index in [4.69, 9.17) is 16.3 Å². The summed E-state index contributed by atoms with van der Waals surface area (Å²) in [5.41, 5.74) is 0.218. The number of carbonyl (C=O) groups excluding carboxylic acids is 2. The van der Waals surface area contributed by atoms with E-state index in [2.05, 4.69) is 4.74 Å². The zero-order valence-electron chi connectivity index (χ0n) is 11.5. The topological polar surface area (TPSA) is 55.8 Å². The largest absolute Gasteiger partial charge is 0.469 e. The van der Waals surface area contributed by atoms with Crippen LogP contribution in [0.2, 0.25) is 5.02 Å². The van der Waals surface area contributed by atoms with Crippen LogP contribution in [0, 0.1) is 5.82 Å². The summed E-state index contributed by atoms with van der Waals surface area (Å²) in [4.78, 5) is 25.1. The van der Waals surface area contributed by atoms with Crippen LogP contribution in [0.3, 0.4) is 0 Å². The predicted molar refractivity (Wildman–Crippen MR) is 73.7 cm³/mol. The lowest BCUT2D eigenvalue weighted by atomic mass is 10.1. The molecule has 2 rings (SSSR count). The smallest absolute Gasteiger partial charge is 0.308 e. The highest BCUT2D eigenvalue weighted by atomic mass is 35.5. The molecule has 1 unspecified atom stereocenters. The van der Waals surface area contributed by atoms with Crippen molar-refractivity contribution in [3.63, 3.8) is 0 Å². The molecule has 0 bridgehead atoms. The third kappa shape index (κ3) is 3.92. The second-order valence-corrected chi connectivity index (χ2v) is 5.06. The maximum Gasteiger partial charge on any atom is 0.308 e. The van der Waals surface area contributed by atoms with E-state index in [-0.39, 0.29) is 29.5 Å². The number of halogens is 2. The van der Waals surface area contributed by atoms with E-state index in [0.717, 1.165) is 6.07 Å². The summed E-state index contributed by atoms with van der Waals surface area (Å²) in [6.45, 7) is 0.975. The first-order valence-electron chi connectivity index (χ1n) is 6.44. The number of nitrogens with zero attached hydrogens (tertiary/aromatic N) is 1. The standard InChI is InChI=1S/C14H15ClFNO4/c1-20-13(18)7-10-8-17(4-5-21-10)14(19)9-2-3-11(15)12(16)6-9/h2-3,6,10H,4-5,7-8H2,1H3. The first kappa shape index (κ1) is 15.7. The SMILES string of the molecule is COC(=O)CC1CN(C(=O)c2ccc(Cl)c(F)c2)CCO1. The Morgan fingerprint density at radius 1 is 1.52 bits per heavy atom. The number of rotatable bonds is 3. The molecule has 114 valence electrons. The number of carbonyl (C=O) groups is 2. The molecule has 1 atom stereocenters. The molecule has 0 saturated carbocycles. The van der Waals surface area contributed by atoms with Gasteiger partial charge in [0.25, 0.3) is 5.91 Å². The van der Waals surface area contributed by atoms with E-state index in [9.17, 15) is 14.0 Å². The molecule has 1 fully saturated rings. The van der Waals surface area contributed by atoms with Gasteiger partial charge in [0.1, 0.15) is 5.82 Å². The number of methoxy groups -OCH3 is 1. The summed E-state index contributed by atoms with van der Waals surface area (Å²) in [6.07, 6.45) is -0.331. The molecule has 1 saturated heterocycles. The Hall–Kier alpha value is -1.66. The zero-order chi connectivity index (χ0) is 15.4. The summed E-state index contributed by atoms with van der Waals surface area (Å²) < 4.78 is 23.4. The molecule has 1 amide bonds. The molecule has 0 aromatic heterocycles. The molecule has 0 spiro atoms. The van der Waals surface area contributed by atoms with Crippen LogP contribution in [0.15, 0.2) is 18.2 Å². The molecule has 1 aliphatic rings. The Labute approximate surface area is 126 Å². The van der Waals surface area contributed by atoms with Crippen LogP contribution in [0.1, 0.15) is 16.8 Å². The number of benzene rings is 1. The van der Waals surface area contributed by atoms with E-state index in [0.29, 0.717) is 13.2 Å². The van der Waals surface area contributed by atoms with Gasteiger partial charge < -0.3 is 14.4 Å². The van der Waals surface area contributed by atoms with Gasteiger partial charge in [-0.3, -0.25) is 9.59 Å². The van der Waals surface area contributed by atoms with E-state index in [1.54, 1.807) is 0 Å². The molecular weight excluding hydrogens is 301 g/mol. The highest BCUT2D eigenvalue weighted by molar-refractivity contribution is 6.30. The summed E-state index contributed by atoms with van der Waals surface area (Å²) in [5.74, 6) is -1.35. The molecule has 1 heterocycles. The minimum absolute atomic E-state index is 0.0305. The Balaban J connectivity index is 2.04. The van der Waals surface area contributed by atoms with Crippen LogP contribution in [-0.2, 0) is 14.3 Å². The third-order valence-corrected chi connectivity index (χ3v) is 3.52. The number of ether oxygens (including phenoxy) is 2. The van der Waals surface area contributed by atoms with Gasteiger partial charge in [-0.1, -0.05) is 11.6 Å². The maximum absolute atomic E-state index is 13.4. The first-order chi connectivity index (χ1) is 10.0. The Bertz CT molecular complexity index is 552. The summed E-state index contributed by atoms with van der Waals surface area (Å²) >= 11 is 5.60. The van der Waals surface area contributed by atoms with Crippen LogP contribution < -0.4 is 0 Å². The monoisotopic (exact) mass is 315 g/mol. The zero-order valence-corrected chi connectivity index (χ0v) is 12.2. The van der Waals surface area contributed by atoms with Crippen molar-refractivity contribution in [1.29, 1.82) is 0 Å². The van der Waals surface area contributed by atoms with Gasteiger partial charge in [0.05, 0.1) is 31.3 Å². The van der Waals surface area contributed by atoms with Crippen LogP contribution >= 0.6 is 11.6 Å². The molecule has 1 aromatic rings. The van der Waals surface area contributed by atoms with Gasteiger partial charge in [-0.05, 0) is 18.2 Å². The number of morpholine rings is 1. The first-order valence-corrected chi connectivity index (χ1v) is 6.82. The number of hydrogen-bond donors (Lipinski definition) is 0. The van der Waals surface area contributed by atoms with Crippen molar-refractivity contribution in [2.45, 2.75) is 12.5 Å². The lowest BCUT2D eigenvalue weighted by molar-refractivity contribution is -0.145. The van der Waals surface area contributed by atoms with Crippen LogP contribution in [0.4, 0.5) is 4.39 Å². The molecule has 0 N–H and O–H groups in total. The van der Waals surface area contributed by atoms with Crippen molar-refractivity contribution in [2.24, 2.45) is 0 Å². The van der Waals surface area contributed by atoms with Gasteiger partial charge in [0, 0.05) is 18.7 Å². The van der Waals surface area contributed by atoms with Gasteiger partial charge in [0.15, 0.2) is 0 Å². The van der Waals surface area contributed by atoms with Gasteiger partial charge in [-0.2, -0.15) is 0 Å². The van der Waals surface area contributed by atoms with Crippen molar-refractivity contribution in [3.8, 4) is 0 Å². The molecule has 0 radical (unpaired) electrons. The van der Waals surface area contributed by atoms with Crippen LogP contribution in [-0.4, -0.2) is 49.7 Å². The molecule has 1 aliphatic heterocycles. The van der Waals surface area contributed by atoms with E-state index in [1.165, 1.54) is 24.1 Å². The van der Waals surface area contributed by atoms with Crippen LogP contribution in [0.25, 0.3) is 0 Å². The van der Waals surface area contributed by atoms with Gasteiger partial charge >= 0.3 is 5.97 Å².